The maximum atomic E-state index is 14.2. The van der Waals surface area contributed by atoms with Crippen LogP contribution >= 0.6 is 0 Å². The molecule has 1 aliphatic heterocycles. The first-order chi connectivity index (χ1) is 18.3. The van der Waals surface area contributed by atoms with Crippen molar-refractivity contribution in [1.29, 1.82) is 0 Å². The van der Waals surface area contributed by atoms with Crippen LogP contribution in [0.4, 0.5) is 13.2 Å². The van der Waals surface area contributed by atoms with E-state index in [2.05, 4.69) is 10.2 Å². The summed E-state index contributed by atoms with van der Waals surface area (Å²) < 4.78 is 54.9. The number of hydrogen-bond acceptors (Lipinski definition) is 7. The van der Waals surface area contributed by atoms with Crippen molar-refractivity contribution in [3.8, 4) is 11.5 Å². The van der Waals surface area contributed by atoms with Gasteiger partial charge >= 0.3 is 6.18 Å². The van der Waals surface area contributed by atoms with Crippen molar-refractivity contribution >= 4 is 16.6 Å². The van der Waals surface area contributed by atoms with Crippen molar-refractivity contribution in [2.24, 2.45) is 11.7 Å². The van der Waals surface area contributed by atoms with Gasteiger partial charge in [0, 0.05) is 50.9 Å². The first kappa shape index (κ1) is 26.5. The molecule has 2 N–H and O–H groups in total. The molecule has 0 amide bonds. The van der Waals surface area contributed by atoms with Crippen LogP contribution in [-0.2, 0) is 15.9 Å². The number of nitrogens with zero attached hydrogens (tertiary/aromatic N) is 5. The number of fused-ring (bicyclic) bond motifs is 2. The van der Waals surface area contributed by atoms with E-state index < -0.39 is 12.2 Å². The van der Waals surface area contributed by atoms with E-state index in [0.717, 1.165) is 16.5 Å². The molecule has 38 heavy (non-hydrogen) atoms. The Labute approximate surface area is 218 Å². The number of halogens is 3. The van der Waals surface area contributed by atoms with Gasteiger partial charge in [-0.05, 0) is 36.1 Å². The summed E-state index contributed by atoms with van der Waals surface area (Å²) >= 11 is 0. The maximum absolute atomic E-state index is 14.2. The molecule has 1 aromatic carbocycles. The lowest BCUT2D eigenvalue weighted by Gasteiger charge is -2.30. The van der Waals surface area contributed by atoms with Crippen molar-refractivity contribution in [1.82, 2.24) is 24.5 Å². The van der Waals surface area contributed by atoms with Gasteiger partial charge in [0.1, 0.15) is 11.7 Å². The van der Waals surface area contributed by atoms with Gasteiger partial charge in [-0.3, -0.25) is 9.30 Å². The second-order valence-electron chi connectivity index (χ2n) is 9.87. The molecule has 1 fully saturated rings. The molecule has 0 saturated carbocycles. The van der Waals surface area contributed by atoms with Crippen molar-refractivity contribution in [2.75, 3.05) is 40.5 Å². The molecular formula is C27H31F3N6O2. The van der Waals surface area contributed by atoms with Crippen LogP contribution in [0.2, 0.25) is 0 Å². The Kier molecular flexibility index (Phi) is 7.62. The minimum absolute atomic E-state index is 0.114. The molecule has 0 radical (unpaired) electrons. The fraction of sp³-hybridized carbons (Fsp3) is 0.444. The molecule has 8 nitrogen and oxygen atoms in total. The number of ether oxygens (including phenoxy) is 2. The Morgan fingerprint density at radius 2 is 1.84 bits per heavy atom. The van der Waals surface area contributed by atoms with Gasteiger partial charge in [0.2, 0.25) is 0 Å². The summed E-state index contributed by atoms with van der Waals surface area (Å²) in [7, 11) is 3.32. The Morgan fingerprint density at radius 3 is 2.53 bits per heavy atom. The monoisotopic (exact) mass is 528 g/mol. The Morgan fingerprint density at radius 1 is 1.05 bits per heavy atom. The van der Waals surface area contributed by atoms with E-state index in [1.165, 1.54) is 17.2 Å². The van der Waals surface area contributed by atoms with Gasteiger partial charge < -0.3 is 15.2 Å². The van der Waals surface area contributed by atoms with E-state index in [4.69, 9.17) is 20.2 Å². The third-order valence-electron chi connectivity index (χ3n) is 7.02. The van der Waals surface area contributed by atoms with E-state index in [9.17, 15) is 13.2 Å². The van der Waals surface area contributed by atoms with E-state index >= 15 is 0 Å². The van der Waals surface area contributed by atoms with E-state index in [-0.39, 0.29) is 24.1 Å². The molecule has 3 aromatic heterocycles. The summed E-state index contributed by atoms with van der Waals surface area (Å²) in [6.07, 6.45) is -1.75. The zero-order chi connectivity index (χ0) is 26.9. The second kappa shape index (κ2) is 10.9. The number of aromatic nitrogens is 4. The Hall–Kier alpha value is -3.12. The number of rotatable bonds is 9. The van der Waals surface area contributed by atoms with Crippen molar-refractivity contribution in [2.45, 2.75) is 31.1 Å². The molecule has 2 atom stereocenters. The lowest BCUT2D eigenvalue weighted by molar-refractivity contribution is -0.183. The Bertz CT molecular complexity index is 1400. The molecule has 4 heterocycles. The van der Waals surface area contributed by atoms with Crippen LogP contribution in [0.1, 0.15) is 23.6 Å². The minimum Gasteiger partial charge on any atom is -0.384 e. The summed E-state index contributed by atoms with van der Waals surface area (Å²) in [6.45, 7) is 1.58. The molecule has 202 valence electrons. The SMILES string of the molecule is COCC(COC)Cc1cccc2ccc(-c3nnc4ccc([C@@H](N5CC[C@H](N)C5)C(F)(F)F)cn34)nc12. The molecule has 0 aliphatic carbocycles. The van der Waals surface area contributed by atoms with Crippen LogP contribution in [0.15, 0.2) is 48.7 Å². The summed E-state index contributed by atoms with van der Waals surface area (Å²) in [6, 6.07) is 10.7. The fourth-order valence-corrected chi connectivity index (χ4v) is 5.35. The molecule has 1 saturated heterocycles. The standard InChI is InChI=1S/C27H31F3N6O2/c1-37-15-17(16-38-2)12-19-5-3-4-18-6-8-22(32-24(18)19)26-34-33-23-9-7-20(13-36(23)26)25(27(28,29)30)35-11-10-21(31)14-35/h3-9,13,17,21,25H,10-12,14-16,31H2,1-2H3/t21-,25+/m0/s1. The normalized spacial score (nSPS) is 17.7. The lowest BCUT2D eigenvalue weighted by Crippen LogP contribution is -2.38. The average molecular weight is 529 g/mol. The van der Waals surface area contributed by atoms with Gasteiger partial charge in [0.15, 0.2) is 11.5 Å². The van der Waals surface area contributed by atoms with Gasteiger partial charge in [-0.15, -0.1) is 10.2 Å². The quantitative estimate of drug-likeness (QED) is 0.351. The number of nitrogens with two attached hydrogens (primary N) is 1. The molecule has 5 rings (SSSR count). The van der Waals surface area contributed by atoms with Crippen LogP contribution in [0.3, 0.4) is 0 Å². The van der Waals surface area contributed by atoms with Gasteiger partial charge in [0.05, 0.1) is 18.7 Å². The van der Waals surface area contributed by atoms with E-state index in [1.807, 2.05) is 30.3 Å². The predicted molar refractivity (Wildman–Crippen MR) is 138 cm³/mol. The van der Waals surface area contributed by atoms with Crippen LogP contribution in [0.5, 0.6) is 0 Å². The lowest BCUT2D eigenvalue weighted by atomic mass is 9.98. The zero-order valence-electron chi connectivity index (χ0n) is 21.4. The number of methoxy groups -OCH3 is 2. The highest BCUT2D eigenvalue weighted by atomic mass is 19.4. The van der Waals surface area contributed by atoms with Crippen LogP contribution in [0.25, 0.3) is 28.1 Å². The number of pyridine rings is 2. The topological polar surface area (TPSA) is 90.8 Å². The van der Waals surface area contributed by atoms with E-state index in [0.29, 0.717) is 49.8 Å². The van der Waals surface area contributed by atoms with Gasteiger partial charge in [-0.25, -0.2) is 4.98 Å². The molecule has 0 unspecified atom stereocenters. The highest BCUT2D eigenvalue weighted by Gasteiger charge is 2.46. The zero-order valence-corrected chi connectivity index (χ0v) is 21.4. The van der Waals surface area contributed by atoms with E-state index in [1.54, 1.807) is 24.7 Å². The number of alkyl halides is 3. The molecule has 4 aromatic rings. The van der Waals surface area contributed by atoms with Crippen LogP contribution in [0, 0.1) is 5.92 Å². The third-order valence-corrected chi connectivity index (χ3v) is 7.02. The smallest absolute Gasteiger partial charge is 0.384 e. The molecule has 1 aliphatic rings. The average Bonchev–Trinajstić information content (AvgIpc) is 3.49. The highest BCUT2D eigenvalue weighted by molar-refractivity contribution is 5.84. The first-order valence-electron chi connectivity index (χ1n) is 12.6. The van der Waals surface area contributed by atoms with Crippen molar-refractivity contribution < 1.29 is 22.6 Å². The molecular weight excluding hydrogens is 497 g/mol. The molecule has 0 spiro atoms. The summed E-state index contributed by atoms with van der Waals surface area (Å²) in [5.41, 5.74) is 8.83. The first-order valence-corrected chi connectivity index (χ1v) is 12.6. The minimum atomic E-state index is -4.46. The van der Waals surface area contributed by atoms with Crippen molar-refractivity contribution in [3.63, 3.8) is 0 Å². The molecule has 0 bridgehead atoms. The summed E-state index contributed by atoms with van der Waals surface area (Å²) in [5.74, 6) is 0.526. The summed E-state index contributed by atoms with van der Waals surface area (Å²) in [4.78, 5) is 6.29. The number of hydrogen-bond donors (Lipinski definition) is 1. The van der Waals surface area contributed by atoms with Crippen molar-refractivity contribution in [3.05, 3.63) is 59.8 Å². The highest BCUT2D eigenvalue weighted by Crippen LogP contribution is 2.39. The predicted octanol–water partition coefficient (Wildman–Crippen LogP) is 4.03. The van der Waals surface area contributed by atoms with Gasteiger partial charge in [-0.2, -0.15) is 13.2 Å². The molecule has 11 heteroatoms. The number of likely N-dealkylation sites (tertiary alicyclic amines) is 1. The van der Waals surface area contributed by atoms with Crippen LogP contribution in [-0.4, -0.2) is 77.2 Å². The third kappa shape index (κ3) is 5.37. The largest absolute Gasteiger partial charge is 0.408 e. The van der Waals surface area contributed by atoms with Gasteiger partial charge in [0.25, 0.3) is 0 Å². The fourth-order valence-electron chi connectivity index (χ4n) is 5.35. The summed E-state index contributed by atoms with van der Waals surface area (Å²) in [5, 5.41) is 9.44. The number of para-hydroxylation sites is 1. The Balaban J connectivity index is 1.55. The second-order valence-corrected chi connectivity index (χ2v) is 9.87. The van der Waals surface area contributed by atoms with Crippen LogP contribution < -0.4 is 5.73 Å². The van der Waals surface area contributed by atoms with Gasteiger partial charge in [-0.1, -0.05) is 30.3 Å². The number of benzene rings is 1. The maximum Gasteiger partial charge on any atom is 0.408 e.